The standard InChI is InChI=1S/C16H19NO5S/c1-11-9-15(13(3)22-11)23(20,21)17(12(2)16(18)19)10-14-7-5-4-6-8-14/h4-9,12H,10H2,1-3H3,(H,18,19). The molecule has 0 aliphatic rings. The fraction of sp³-hybridized carbons (Fsp3) is 0.312. The van der Waals surface area contributed by atoms with Crippen molar-refractivity contribution < 1.29 is 22.7 Å². The quantitative estimate of drug-likeness (QED) is 0.875. The number of rotatable bonds is 6. The van der Waals surface area contributed by atoms with Crippen LogP contribution in [-0.2, 0) is 21.4 Å². The lowest BCUT2D eigenvalue weighted by Gasteiger charge is -2.25. The van der Waals surface area contributed by atoms with Gasteiger partial charge in [0.05, 0.1) is 0 Å². The maximum Gasteiger partial charge on any atom is 0.321 e. The molecule has 7 heteroatoms. The van der Waals surface area contributed by atoms with E-state index >= 15 is 0 Å². The van der Waals surface area contributed by atoms with Crippen LogP contribution in [0.2, 0.25) is 0 Å². The van der Waals surface area contributed by atoms with Crippen molar-refractivity contribution in [2.75, 3.05) is 0 Å². The van der Waals surface area contributed by atoms with Gasteiger partial charge in [-0.3, -0.25) is 4.79 Å². The molecule has 1 heterocycles. The second kappa shape index (κ2) is 6.55. The first kappa shape index (κ1) is 17.2. The fourth-order valence-corrected chi connectivity index (χ4v) is 4.10. The third-order valence-electron chi connectivity index (χ3n) is 3.55. The van der Waals surface area contributed by atoms with Gasteiger partial charge in [-0.1, -0.05) is 30.3 Å². The van der Waals surface area contributed by atoms with Crippen LogP contribution in [0.4, 0.5) is 0 Å². The van der Waals surface area contributed by atoms with E-state index in [0.29, 0.717) is 11.3 Å². The summed E-state index contributed by atoms with van der Waals surface area (Å²) in [4.78, 5) is 11.4. The van der Waals surface area contributed by atoms with Crippen molar-refractivity contribution >= 4 is 16.0 Å². The van der Waals surface area contributed by atoms with Gasteiger partial charge in [0.2, 0.25) is 10.0 Å². The number of sulfonamides is 1. The molecule has 124 valence electrons. The van der Waals surface area contributed by atoms with Gasteiger partial charge in [0, 0.05) is 6.54 Å². The molecule has 0 aliphatic carbocycles. The van der Waals surface area contributed by atoms with Gasteiger partial charge in [-0.15, -0.1) is 0 Å². The van der Waals surface area contributed by atoms with Crippen molar-refractivity contribution in [3.8, 4) is 0 Å². The molecule has 1 aromatic carbocycles. The zero-order valence-electron chi connectivity index (χ0n) is 13.2. The Bertz CT molecular complexity index is 795. The van der Waals surface area contributed by atoms with Crippen molar-refractivity contribution in [3.05, 3.63) is 53.5 Å². The highest BCUT2D eigenvalue weighted by atomic mass is 32.2. The molecule has 2 rings (SSSR count). The van der Waals surface area contributed by atoms with Crippen molar-refractivity contribution in [2.45, 2.75) is 38.3 Å². The number of aliphatic carboxylic acids is 1. The third kappa shape index (κ3) is 3.62. The summed E-state index contributed by atoms with van der Waals surface area (Å²) in [5, 5.41) is 9.29. The molecule has 0 fully saturated rings. The van der Waals surface area contributed by atoms with E-state index in [4.69, 9.17) is 4.42 Å². The van der Waals surface area contributed by atoms with Crippen LogP contribution in [0.25, 0.3) is 0 Å². The number of carboxylic acid groups (broad SMARTS) is 1. The second-order valence-electron chi connectivity index (χ2n) is 5.33. The fourth-order valence-electron chi connectivity index (χ4n) is 2.31. The molecule has 6 nitrogen and oxygen atoms in total. The molecule has 0 bridgehead atoms. The topological polar surface area (TPSA) is 87.8 Å². The predicted molar refractivity (Wildman–Crippen MR) is 84.5 cm³/mol. The first-order valence-corrected chi connectivity index (χ1v) is 8.53. The van der Waals surface area contributed by atoms with Crippen LogP contribution in [0, 0.1) is 13.8 Å². The van der Waals surface area contributed by atoms with E-state index in [-0.39, 0.29) is 17.2 Å². The Balaban J connectivity index is 2.48. The van der Waals surface area contributed by atoms with Gasteiger partial charge in [0.1, 0.15) is 22.5 Å². The van der Waals surface area contributed by atoms with Gasteiger partial charge in [0.15, 0.2) is 0 Å². The number of nitrogens with zero attached hydrogens (tertiary/aromatic N) is 1. The van der Waals surface area contributed by atoms with Gasteiger partial charge in [-0.05, 0) is 32.4 Å². The Kier molecular flexibility index (Phi) is 4.91. The Labute approximate surface area is 135 Å². The summed E-state index contributed by atoms with van der Waals surface area (Å²) in [6.07, 6.45) is 0. The molecule has 0 radical (unpaired) electrons. The van der Waals surface area contributed by atoms with Gasteiger partial charge in [0.25, 0.3) is 0 Å². The van der Waals surface area contributed by atoms with E-state index in [9.17, 15) is 18.3 Å². The zero-order valence-corrected chi connectivity index (χ0v) is 14.0. The molecular weight excluding hydrogens is 318 g/mol. The lowest BCUT2D eigenvalue weighted by atomic mass is 10.2. The summed E-state index contributed by atoms with van der Waals surface area (Å²) in [7, 11) is -3.99. The Morgan fingerprint density at radius 1 is 1.26 bits per heavy atom. The van der Waals surface area contributed by atoms with Crippen LogP contribution in [0.3, 0.4) is 0 Å². The van der Waals surface area contributed by atoms with E-state index in [1.165, 1.54) is 13.0 Å². The lowest BCUT2D eigenvalue weighted by molar-refractivity contribution is -0.141. The van der Waals surface area contributed by atoms with Gasteiger partial charge in [-0.25, -0.2) is 8.42 Å². The van der Waals surface area contributed by atoms with Crippen LogP contribution < -0.4 is 0 Å². The van der Waals surface area contributed by atoms with Crippen molar-refractivity contribution in [2.24, 2.45) is 0 Å². The largest absolute Gasteiger partial charge is 0.480 e. The molecule has 1 N–H and O–H groups in total. The maximum absolute atomic E-state index is 12.9. The molecule has 0 spiro atoms. The lowest BCUT2D eigenvalue weighted by Crippen LogP contribution is -2.42. The van der Waals surface area contributed by atoms with Crippen LogP contribution >= 0.6 is 0 Å². The van der Waals surface area contributed by atoms with Gasteiger partial charge < -0.3 is 9.52 Å². The van der Waals surface area contributed by atoms with Crippen molar-refractivity contribution in [1.82, 2.24) is 4.31 Å². The zero-order chi connectivity index (χ0) is 17.2. The first-order chi connectivity index (χ1) is 10.7. The van der Waals surface area contributed by atoms with Crippen LogP contribution in [0.1, 0.15) is 24.0 Å². The minimum atomic E-state index is -3.99. The molecule has 0 aliphatic heterocycles. The average Bonchev–Trinajstić information content (AvgIpc) is 2.84. The molecule has 0 saturated heterocycles. The van der Waals surface area contributed by atoms with E-state index in [1.807, 2.05) is 6.07 Å². The number of hydrogen-bond donors (Lipinski definition) is 1. The Morgan fingerprint density at radius 2 is 1.87 bits per heavy atom. The van der Waals surface area contributed by atoms with Gasteiger partial charge in [-0.2, -0.15) is 4.31 Å². The molecule has 23 heavy (non-hydrogen) atoms. The van der Waals surface area contributed by atoms with Gasteiger partial charge >= 0.3 is 5.97 Å². The molecule has 2 aromatic rings. The minimum absolute atomic E-state index is 0.000897. The van der Waals surface area contributed by atoms with Crippen LogP contribution in [-0.4, -0.2) is 29.8 Å². The molecular formula is C16H19NO5S. The van der Waals surface area contributed by atoms with E-state index in [0.717, 1.165) is 4.31 Å². The molecule has 1 unspecified atom stereocenters. The molecule has 1 atom stereocenters. The number of carboxylic acids is 1. The SMILES string of the molecule is Cc1cc(S(=O)(=O)N(Cc2ccccc2)C(C)C(=O)O)c(C)o1. The van der Waals surface area contributed by atoms with Crippen LogP contribution in [0.5, 0.6) is 0 Å². The Morgan fingerprint density at radius 3 is 2.35 bits per heavy atom. The minimum Gasteiger partial charge on any atom is -0.480 e. The highest BCUT2D eigenvalue weighted by Gasteiger charge is 2.35. The van der Waals surface area contributed by atoms with Crippen molar-refractivity contribution in [3.63, 3.8) is 0 Å². The normalized spacial score (nSPS) is 13.2. The smallest absolute Gasteiger partial charge is 0.321 e. The number of aryl methyl sites for hydroxylation is 2. The van der Waals surface area contributed by atoms with E-state index in [2.05, 4.69) is 0 Å². The predicted octanol–water partition coefficient (Wildman–Crippen LogP) is 2.56. The van der Waals surface area contributed by atoms with E-state index in [1.54, 1.807) is 38.1 Å². The van der Waals surface area contributed by atoms with Crippen LogP contribution in [0.15, 0.2) is 45.7 Å². The van der Waals surface area contributed by atoms with E-state index < -0.39 is 22.0 Å². The number of furan rings is 1. The number of benzene rings is 1. The Hall–Kier alpha value is -2.12. The molecule has 0 amide bonds. The summed E-state index contributed by atoms with van der Waals surface area (Å²) in [5.74, 6) is -0.496. The number of carbonyl (C=O) groups is 1. The summed E-state index contributed by atoms with van der Waals surface area (Å²) < 4.78 is 32.1. The average molecular weight is 337 g/mol. The monoisotopic (exact) mass is 337 g/mol. The molecule has 1 aromatic heterocycles. The summed E-state index contributed by atoms with van der Waals surface area (Å²) >= 11 is 0. The maximum atomic E-state index is 12.9. The third-order valence-corrected chi connectivity index (χ3v) is 5.58. The number of hydrogen-bond acceptors (Lipinski definition) is 4. The summed E-state index contributed by atoms with van der Waals surface area (Å²) in [6, 6.07) is 9.09. The highest BCUT2D eigenvalue weighted by molar-refractivity contribution is 7.89. The molecule has 0 saturated carbocycles. The second-order valence-corrected chi connectivity index (χ2v) is 7.19. The summed E-state index contributed by atoms with van der Waals surface area (Å²) in [6.45, 7) is 4.52. The van der Waals surface area contributed by atoms with Crippen molar-refractivity contribution in [1.29, 1.82) is 0 Å². The highest BCUT2D eigenvalue weighted by Crippen LogP contribution is 2.26. The first-order valence-electron chi connectivity index (χ1n) is 7.09. The summed E-state index contributed by atoms with van der Waals surface area (Å²) in [5.41, 5.74) is 0.710.